The normalized spacial score (nSPS) is 19.7. The highest BCUT2D eigenvalue weighted by Crippen LogP contribution is 2.30. The number of carbonyl (C=O) groups is 2. The molecule has 0 aromatic heterocycles. The van der Waals surface area contributed by atoms with E-state index in [1.165, 1.54) is 16.4 Å². The van der Waals surface area contributed by atoms with Gasteiger partial charge in [0.1, 0.15) is 11.9 Å². The van der Waals surface area contributed by atoms with Gasteiger partial charge in [0.05, 0.1) is 4.90 Å². The van der Waals surface area contributed by atoms with Crippen molar-refractivity contribution in [1.29, 1.82) is 0 Å². The molecule has 2 heterocycles. The van der Waals surface area contributed by atoms with Crippen molar-refractivity contribution in [1.82, 2.24) is 4.31 Å². The van der Waals surface area contributed by atoms with Gasteiger partial charge in [-0.3, -0.25) is 9.59 Å². The standard InChI is InChI=1S/C22H24FN3O4S/c1-15-14-17(8-11-19(15)25-12-3-5-21(25)27)24-22(28)20-4-2-13-26(20)31(29,30)18-9-6-16(23)7-10-18/h6-11,14,20H,2-5,12-13H2,1H3,(H,24,28)/t20-/m1/s1. The van der Waals surface area contributed by atoms with Crippen LogP contribution in [0, 0.1) is 12.7 Å². The van der Waals surface area contributed by atoms with Gasteiger partial charge in [0.25, 0.3) is 0 Å². The van der Waals surface area contributed by atoms with Crippen LogP contribution in [0.3, 0.4) is 0 Å². The second kappa shape index (κ2) is 8.39. The molecule has 0 aliphatic carbocycles. The van der Waals surface area contributed by atoms with Crippen LogP contribution >= 0.6 is 0 Å². The van der Waals surface area contributed by atoms with Gasteiger partial charge < -0.3 is 10.2 Å². The number of rotatable bonds is 5. The Labute approximate surface area is 180 Å². The Bertz CT molecular complexity index is 1120. The summed E-state index contributed by atoms with van der Waals surface area (Å²) in [5.74, 6) is -0.843. The van der Waals surface area contributed by atoms with Crippen molar-refractivity contribution in [3.05, 3.63) is 53.8 Å². The number of sulfonamides is 1. The lowest BCUT2D eigenvalue weighted by Crippen LogP contribution is -2.43. The van der Waals surface area contributed by atoms with Crippen LogP contribution < -0.4 is 10.2 Å². The van der Waals surface area contributed by atoms with Crippen LogP contribution in [0.1, 0.15) is 31.2 Å². The van der Waals surface area contributed by atoms with Crippen LogP contribution in [0.25, 0.3) is 0 Å². The number of aryl methyl sites for hydroxylation is 1. The van der Waals surface area contributed by atoms with Crippen molar-refractivity contribution >= 4 is 33.2 Å². The van der Waals surface area contributed by atoms with Gasteiger partial charge in [0.15, 0.2) is 0 Å². The first-order chi connectivity index (χ1) is 14.8. The van der Waals surface area contributed by atoms with Gasteiger partial charge in [-0.25, -0.2) is 12.8 Å². The predicted octanol–water partition coefficient (Wildman–Crippen LogP) is 3.05. The lowest BCUT2D eigenvalue weighted by Gasteiger charge is -2.24. The Morgan fingerprint density at radius 3 is 2.48 bits per heavy atom. The summed E-state index contributed by atoms with van der Waals surface area (Å²) in [5.41, 5.74) is 2.22. The van der Waals surface area contributed by atoms with Crippen molar-refractivity contribution in [2.45, 2.75) is 43.5 Å². The number of hydrogen-bond acceptors (Lipinski definition) is 4. The molecule has 7 nitrogen and oxygen atoms in total. The first kappa shape index (κ1) is 21.5. The third kappa shape index (κ3) is 4.20. The summed E-state index contributed by atoms with van der Waals surface area (Å²) in [6.45, 7) is 2.79. The molecular formula is C22H24FN3O4S. The molecule has 0 saturated carbocycles. The molecule has 31 heavy (non-hydrogen) atoms. The maximum Gasteiger partial charge on any atom is 0.243 e. The van der Waals surface area contributed by atoms with E-state index in [4.69, 9.17) is 0 Å². The van der Waals surface area contributed by atoms with E-state index in [9.17, 15) is 22.4 Å². The van der Waals surface area contributed by atoms with Gasteiger partial charge in [0.2, 0.25) is 21.8 Å². The zero-order valence-electron chi connectivity index (χ0n) is 17.2. The zero-order valence-corrected chi connectivity index (χ0v) is 18.0. The second-order valence-electron chi connectivity index (χ2n) is 7.87. The highest BCUT2D eigenvalue weighted by atomic mass is 32.2. The summed E-state index contributed by atoms with van der Waals surface area (Å²) >= 11 is 0. The van der Waals surface area contributed by atoms with Gasteiger partial charge in [0, 0.05) is 30.9 Å². The van der Waals surface area contributed by atoms with Gasteiger partial charge in [-0.15, -0.1) is 0 Å². The van der Waals surface area contributed by atoms with Crippen LogP contribution in [-0.2, 0) is 19.6 Å². The predicted molar refractivity (Wildman–Crippen MR) is 115 cm³/mol. The molecule has 2 saturated heterocycles. The fraction of sp³-hybridized carbons (Fsp3) is 0.364. The molecule has 2 aromatic rings. The summed E-state index contributed by atoms with van der Waals surface area (Å²) in [4.78, 5) is 26.6. The van der Waals surface area contributed by atoms with Crippen LogP contribution in [0.15, 0.2) is 47.4 Å². The first-order valence-corrected chi connectivity index (χ1v) is 11.7. The molecule has 2 aliphatic rings. The van der Waals surface area contributed by atoms with Crippen LogP contribution in [0.4, 0.5) is 15.8 Å². The van der Waals surface area contributed by atoms with E-state index in [1.807, 2.05) is 6.92 Å². The summed E-state index contributed by atoms with van der Waals surface area (Å²) in [7, 11) is -3.91. The summed E-state index contributed by atoms with van der Waals surface area (Å²) in [6.07, 6.45) is 2.34. The molecule has 1 atom stereocenters. The Hall–Kier alpha value is -2.78. The second-order valence-corrected chi connectivity index (χ2v) is 9.76. The van der Waals surface area contributed by atoms with Crippen LogP contribution in [0.2, 0.25) is 0 Å². The topological polar surface area (TPSA) is 86.8 Å². The lowest BCUT2D eigenvalue weighted by molar-refractivity contribution is -0.119. The summed E-state index contributed by atoms with van der Waals surface area (Å²) in [6, 6.07) is 9.07. The average Bonchev–Trinajstić information content (AvgIpc) is 3.38. The zero-order chi connectivity index (χ0) is 22.2. The van der Waals surface area contributed by atoms with E-state index < -0.39 is 27.8 Å². The van der Waals surface area contributed by atoms with Gasteiger partial charge in [-0.05, 0) is 74.2 Å². The third-order valence-corrected chi connectivity index (χ3v) is 7.68. The largest absolute Gasteiger partial charge is 0.325 e. The number of carbonyl (C=O) groups excluding carboxylic acids is 2. The number of benzene rings is 2. The van der Waals surface area contributed by atoms with Crippen LogP contribution in [-0.4, -0.2) is 43.7 Å². The van der Waals surface area contributed by atoms with Gasteiger partial charge >= 0.3 is 0 Å². The van der Waals surface area contributed by atoms with E-state index in [2.05, 4.69) is 5.32 Å². The maximum absolute atomic E-state index is 13.2. The number of amides is 2. The summed E-state index contributed by atoms with van der Waals surface area (Å²) in [5, 5.41) is 2.81. The van der Waals surface area contributed by atoms with E-state index in [-0.39, 0.29) is 17.3 Å². The fourth-order valence-electron chi connectivity index (χ4n) is 4.20. The molecule has 0 spiro atoms. The minimum absolute atomic E-state index is 0.0379. The van der Waals surface area contributed by atoms with Crippen molar-refractivity contribution < 1.29 is 22.4 Å². The monoisotopic (exact) mass is 445 g/mol. The fourth-order valence-corrected chi connectivity index (χ4v) is 5.85. The first-order valence-electron chi connectivity index (χ1n) is 10.3. The molecule has 2 aliphatic heterocycles. The number of nitrogens with zero attached hydrogens (tertiary/aromatic N) is 2. The molecule has 4 rings (SSSR count). The van der Waals surface area contributed by atoms with Crippen molar-refractivity contribution in [2.24, 2.45) is 0 Å². The van der Waals surface area contributed by atoms with Gasteiger partial charge in [-0.2, -0.15) is 4.31 Å². The molecule has 164 valence electrons. The number of halogens is 1. The van der Waals surface area contributed by atoms with Crippen molar-refractivity contribution in [3.63, 3.8) is 0 Å². The number of hydrogen-bond donors (Lipinski definition) is 1. The highest BCUT2D eigenvalue weighted by Gasteiger charge is 2.39. The smallest absolute Gasteiger partial charge is 0.243 e. The lowest BCUT2D eigenvalue weighted by atomic mass is 10.1. The SMILES string of the molecule is Cc1cc(NC(=O)[C@H]2CCCN2S(=O)(=O)c2ccc(F)cc2)ccc1N1CCCC1=O. The molecule has 2 amide bonds. The van der Waals surface area contributed by atoms with Crippen molar-refractivity contribution in [2.75, 3.05) is 23.3 Å². The molecule has 9 heteroatoms. The Morgan fingerprint density at radius 2 is 1.84 bits per heavy atom. The molecule has 0 bridgehead atoms. The molecular weight excluding hydrogens is 421 g/mol. The maximum atomic E-state index is 13.2. The highest BCUT2D eigenvalue weighted by molar-refractivity contribution is 7.89. The minimum Gasteiger partial charge on any atom is -0.325 e. The quantitative estimate of drug-likeness (QED) is 0.766. The van der Waals surface area contributed by atoms with E-state index in [1.54, 1.807) is 23.1 Å². The van der Waals surface area contributed by atoms with E-state index in [0.29, 0.717) is 31.5 Å². The molecule has 2 fully saturated rings. The molecule has 1 N–H and O–H groups in total. The van der Waals surface area contributed by atoms with E-state index in [0.717, 1.165) is 29.8 Å². The Balaban J connectivity index is 1.51. The Morgan fingerprint density at radius 1 is 1.10 bits per heavy atom. The van der Waals surface area contributed by atoms with Crippen molar-refractivity contribution in [3.8, 4) is 0 Å². The third-order valence-electron chi connectivity index (χ3n) is 5.76. The Kier molecular flexibility index (Phi) is 5.81. The average molecular weight is 446 g/mol. The molecule has 0 unspecified atom stereocenters. The van der Waals surface area contributed by atoms with Crippen LogP contribution in [0.5, 0.6) is 0 Å². The molecule has 0 radical (unpaired) electrons. The number of nitrogens with one attached hydrogen (secondary N) is 1. The number of anilines is 2. The summed E-state index contributed by atoms with van der Waals surface area (Å²) < 4.78 is 40.3. The van der Waals surface area contributed by atoms with Gasteiger partial charge in [-0.1, -0.05) is 0 Å². The van der Waals surface area contributed by atoms with E-state index >= 15 is 0 Å². The minimum atomic E-state index is -3.91. The molecule has 2 aromatic carbocycles.